The van der Waals surface area contributed by atoms with E-state index in [0.717, 1.165) is 0 Å². The highest BCUT2D eigenvalue weighted by Gasteiger charge is 2.19. The molecule has 1 rings (SSSR count). The van der Waals surface area contributed by atoms with Crippen LogP contribution in [0.3, 0.4) is 0 Å². The van der Waals surface area contributed by atoms with Gasteiger partial charge in [-0.15, -0.1) is 0 Å². The molecule has 0 bridgehead atoms. The van der Waals surface area contributed by atoms with E-state index in [1.807, 2.05) is 13.8 Å². The summed E-state index contributed by atoms with van der Waals surface area (Å²) < 4.78 is 0. The maximum absolute atomic E-state index is 9.75. The van der Waals surface area contributed by atoms with Crippen LogP contribution in [0.1, 0.15) is 25.5 Å². The van der Waals surface area contributed by atoms with Crippen molar-refractivity contribution < 1.29 is 5.11 Å². The van der Waals surface area contributed by atoms with Crippen molar-refractivity contribution in [1.29, 1.82) is 0 Å². The summed E-state index contributed by atoms with van der Waals surface area (Å²) in [6, 6.07) is 1.62. The van der Waals surface area contributed by atoms with E-state index in [9.17, 15) is 5.11 Å². The lowest BCUT2D eigenvalue weighted by atomic mass is 10.0. The Bertz CT molecular complexity index is 281. The number of halogens is 2. The predicted octanol–water partition coefficient (Wildman–Crippen LogP) is 3.08. The average molecular weight is 220 g/mol. The Morgan fingerprint density at radius 2 is 2.00 bits per heavy atom. The van der Waals surface area contributed by atoms with E-state index < -0.39 is 6.10 Å². The van der Waals surface area contributed by atoms with E-state index in [1.165, 1.54) is 6.20 Å². The molecule has 0 saturated heterocycles. The molecule has 0 radical (unpaired) electrons. The quantitative estimate of drug-likeness (QED) is 0.777. The highest BCUT2D eigenvalue weighted by molar-refractivity contribution is 6.35. The normalized spacial score (nSPS) is 13.4. The standard InChI is InChI=1S/C9H11Cl2NO/c1-5(2)8(13)7-6(10)3-4-12-9(7)11/h3-5,8,13H,1-2H3. The van der Waals surface area contributed by atoms with E-state index in [2.05, 4.69) is 4.98 Å². The van der Waals surface area contributed by atoms with Gasteiger partial charge in [0.1, 0.15) is 5.15 Å². The molecule has 1 heterocycles. The topological polar surface area (TPSA) is 33.1 Å². The second-order valence-electron chi connectivity index (χ2n) is 3.19. The number of pyridine rings is 1. The Labute approximate surface area is 87.5 Å². The third kappa shape index (κ3) is 2.33. The van der Waals surface area contributed by atoms with Gasteiger partial charge in [-0.25, -0.2) is 4.98 Å². The van der Waals surface area contributed by atoms with Crippen molar-refractivity contribution in [3.8, 4) is 0 Å². The van der Waals surface area contributed by atoms with Crippen LogP contribution in [0.4, 0.5) is 0 Å². The lowest BCUT2D eigenvalue weighted by Gasteiger charge is -2.16. The van der Waals surface area contributed by atoms with Crippen molar-refractivity contribution in [3.63, 3.8) is 0 Å². The molecule has 1 N–H and O–H groups in total. The summed E-state index contributed by atoms with van der Waals surface area (Å²) in [4.78, 5) is 3.86. The first kappa shape index (κ1) is 10.8. The number of aliphatic hydroxyl groups is 1. The van der Waals surface area contributed by atoms with Crippen LogP contribution in [-0.4, -0.2) is 10.1 Å². The molecule has 1 aromatic heterocycles. The summed E-state index contributed by atoms with van der Waals surface area (Å²) in [5.41, 5.74) is 0.515. The third-order valence-corrected chi connectivity index (χ3v) is 2.45. The maximum Gasteiger partial charge on any atom is 0.136 e. The largest absolute Gasteiger partial charge is 0.388 e. The molecule has 0 fully saturated rings. The molecule has 0 spiro atoms. The molecule has 2 nitrogen and oxygen atoms in total. The van der Waals surface area contributed by atoms with Gasteiger partial charge in [0.2, 0.25) is 0 Å². The first-order valence-electron chi connectivity index (χ1n) is 4.02. The molecule has 0 amide bonds. The lowest BCUT2D eigenvalue weighted by Crippen LogP contribution is -2.07. The molecule has 0 aliphatic rings. The van der Waals surface area contributed by atoms with Crippen molar-refractivity contribution >= 4 is 23.2 Å². The first-order valence-corrected chi connectivity index (χ1v) is 4.77. The summed E-state index contributed by atoms with van der Waals surface area (Å²) in [7, 11) is 0. The van der Waals surface area contributed by atoms with Gasteiger partial charge in [0.05, 0.1) is 11.1 Å². The van der Waals surface area contributed by atoms with Crippen molar-refractivity contribution in [2.45, 2.75) is 20.0 Å². The minimum atomic E-state index is -0.659. The minimum absolute atomic E-state index is 0.0687. The van der Waals surface area contributed by atoms with Crippen molar-refractivity contribution in [1.82, 2.24) is 4.98 Å². The molecule has 0 saturated carbocycles. The summed E-state index contributed by atoms with van der Waals surface area (Å²) >= 11 is 11.7. The Morgan fingerprint density at radius 3 is 2.46 bits per heavy atom. The van der Waals surface area contributed by atoms with E-state index in [0.29, 0.717) is 10.6 Å². The second-order valence-corrected chi connectivity index (χ2v) is 3.95. The molecule has 1 unspecified atom stereocenters. The molecular weight excluding hydrogens is 209 g/mol. The number of aromatic nitrogens is 1. The molecular formula is C9H11Cl2NO. The van der Waals surface area contributed by atoms with Gasteiger partial charge in [-0.1, -0.05) is 37.0 Å². The van der Waals surface area contributed by atoms with Gasteiger partial charge >= 0.3 is 0 Å². The molecule has 1 atom stereocenters. The smallest absolute Gasteiger partial charge is 0.136 e. The fraction of sp³-hybridized carbons (Fsp3) is 0.444. The van der Waals surface area contributed by atoms with Crippen LogP contribution >= 0.6 is 23.2 Å². The Hall–Kier alpha value is -0.310. The molecule has 0 aliphatic heterocycles. The zero-order valence-electron chi connectivity index (χ0n) is 7.46. The van der Waals surface area contributed by atoms with E-state index >= 15 is 0 Å². The zero-order chi connectivity index (χ0) is 10.0. The number of hydrogen-bond donors (Lipinski definition) is 1. The van der Waals surface area contributed by atoms with Crippen LogP contribution in [0.2, 0.25) is 10.2 Å². The zero-order valence-corrected chi connectivity index (χ0v) is 8.97. The molecule has 13 heavy (non-hydrogen) atoms. The van der Waals surface area contributed by atoms with Gasteiger partial charge < -0.3 is 5.11 Å². The summed E-state index contributed by atoms with van der Waals surface area (Å²) in [5.74, 6) is 0.0687. The second kappa shape index (κ2) is 4.27. The molecule has 4 heteroatoms. The van der Waals surface area contributed by atoms with Gasteiger partial charge in [0.15, 0.2) is 0 Å². The van der Waals surface area contributed by atoms with Gasteiger partial charge in [0, 0.05) is 11.8 Å². The number of hydrogen-bond acceptors (Lipinski definition) is 2. The van der Waals surface area contributed by atoms with Gasteiger partial charge in [-0.3, -0.25) is 0 Å². The highest BCUT2D eigenvalue weighted by Crippen LogP contribution is 2.32. The SMILES string of the molecule is CC(C)C(O)c1c(Cl)ccnc1Cl. The van der Waals surface area contributed by atoms with Crippen LogP contribution in [0, 0.1) is 5.92 Å². The van der Waals surface area contributed by atoms with Crippen LogP contribution in [-0.2, 0) is 0 Å². The predicted molar refractivity (Wildman–Crippen MR) is 54.1 cm³/mol. The van der Waals surface area contributed by atoms with Gasteiger partial charge in [0.25, 0.3) is 0 Å². The van der Waals surface area contributed by atoms with E-state index in [1.54, 1.807) is 6.07 Å². The van der Waals surface area contributed by atoms with E-state index in [4.69, 9.17) is 23.2 Å². The number of aliphatic hydroxyl groups excluding tert-OH is 1. The van der Waals surface area contributed by atoms with Crippen molar-refractivity contribution in [2.24, 2.45) is 5.92 Å². The van der Waals surface area contributed by atoms with E-state index in [-0.39, 0.29) is 11.1 Å². The number of nitrogens with zero attached hydrogens (tertiary/aromatic N) is 1. The molecule has 0 aliphatic carbocycles. The van der Waals surface area contributed by atoms with Crippen molar-refractivity contribution in [3.05, 3.63) is 28.0 Å². The first-order chi connectivity index (χ1) is 6.04. The Kier molecular flexibility index (Phi) is 3.54. The minimum Gasteiger partial charge on any atom is -0.388 e. The molecule has 0 aromatic carbocycles. The Morgan fingerprint density at radius 1 is 1.38 bits per heavy atom. The Balaban J connectivity index is 3.12. The van der Waals surface area contributed by atoms with Crippen LogP contribution in [0.25, 0.3) is 0 Å². The fourth-order valence-corrected chi connectivity index (χ4v) is 1.60. The molecule has 72 valence electrons. The molecule has 1 aromatic rings. The maximum atomic E-state index is 9.75. The number of rotatable bonds is 2. The van der Waals surface area contributed by atoms with Gasteiger partial charge in [-0.05, 0) is 12.0 Å². The van der Waals surface area contributed by atoms with Crippen LogP contribution in [0.5, 0.6) is 0 Å². The average Bonchev–Trinajstić information content (AvgIpc) is 2.03. The summed E-state index contributed by atoms with van der Waals surface area (Å²) in [5, 5.41) is 10.5. The highest BCUT2D eigenvalue weighted by atomic mass is 35.5. The fourth-order valence-electron chi connectivity index (χ4n) is 1.02. The summed E-state index contributed by atoms with van der Waals surface area (Å²) in [6.45, 7) is 3.79. The monoisotopic (exact) mass is 219 g/mol. The summed E-state index contributed by atoms with van der Waals surface area (Å²) in [6.07, 6.45) is 0.856. The third-order valence-electron chi connectivity index (χ3n) is 1.82. The van der Waals surface area contributed by atoms with Gasteiger partial charge in [-0.2, -0.15) is 0 Å². The lowest BCUT2D eigenvalue weighted by molar-refractivity contribution is 0.127. The van der Waals surface area contributed by atoms with Crippen LogP contribution in [0.15, 0.2) is 12.3 Å². The van der Waals surface area contributed by atoms with Crippen molar-refractivity contribution in [2.75, 3.05) is 0 Å². The van der Waals surface area contributed by atoms with Crippen LogP contribution < -0.4 is 0 Å².